The van der Waals surface area contributed by atoms with Gasteiger partial charge in [0.2, 0.25) is 6.23 Å². The molecule has 11 nitrogen and oxygen atoms in total. The lowest BCUT2D eigenvalue weighted by Gasteiger charge is -2.36. The quantitative estimate of drug-likeness (QED) is 0.170. The molecule has 53 heavy (non-hydrogen) atoms. The number of hydrogen-bond acceptors (Lipinski definition) is 8. The van der Waals surface area contributed by atoms with E-state index in [4.69, 9.17) is 27.9 Å². The third-order valence-electron chi connectivity index (χ3n) is 9.06. The van der Waals surface area contributed by atoms with Crippen molar-refractivity contribution in [1.82, 2.24) is 19.2 Å². The number of benzene rings is 4. The minimum atomic E-state index is -1.43. The van der Waals surface area contributed by atoms with Gasteiger partial charge < -0.3 is 20.1 Å². The van der Waals surface area contributed by atoms with Gasteiger partial charge in [0.05, 0.1) is 17.9 Å². The molecule has 7 rings (SSSR count). The molecule has 2 aliphatic rings. The fraction of sp³-hybridized carbons (Fsp3) is 0.300. The van der Waals surface area contributed by atoms with Gasteiger partial charge >= 0.3 is 5.69 Å². The summed E-state index contributed by atoms with van der Waals surface area (Å²) in [4.78, 5) is 33.6. The fourth-order valence-corrected chi connectivity index (χ4v) is 6.69. The number of amides is 1. The van der Waals surface area contributed by atoms with Crippen LogP contribution in [0.3, 0.4) is 0 Å². The number of ether oxygens (including phenoxy) is 1. The Labute approximate surface area is 319 Å². The number of aliphatic imine (C=N–C) groups is 1. The van der Waals surface area contributed by atoms with Crippen LogP contribution in [0.15, 0.2) is 113 Å². The van der Waals surface area contributed by atoms with E-state index < -0.39 is 12.1 Å². The number of benzodiazepines with no additional fused rings is 1. The van der Waals surface area contributed by atoms with Gasteiger partial charge in [0.15, 0.2) is 0 Å². The number of carbonyl (C=O) groups excluding carboxylic acids is 1. The Kier molecular flexibility index (Phi) is 13.0. The van der Waals surface area contributed by atoms with Crippen molar-refractivity contribution < 1.29 is 14.6 Å². The van der Waals surface area contributed by atoms with Crippen molar-refractivity contribution in [2.45, 2.75) is 39.1 Å². The van der Waals surface area contributed by atoms with Crippen LogP contribution < -0.4 is 20.6 Å². The van der Waals surface area contributed by atoms with Crippen LogP contribution in [-0.2, 0) is 24.3 Å². The molecule has 0 spiro atoms. The highest BCUT2D eigenvalue weighted by atomic mass is 35.5. The Hall–Kier alpha value is -4.94. The lowest BCUT2D eigenvalue weighted by molar-refractivity contribution is -0.123. The Bertz CT molecular complexity index is 2060. The average molecular weight is 757 g/mol. The predicted molar refractivity (Wildman–Crippen MR) is 211 cm³/mol. The lowest BCUT2D eigenvalue weighted by atomic mass is 10.0. The zero-order chi connectivity index (χ0) is 37.2. The topological polar surface area (TPSA) is 117 Å². The first-order valence-corrected chi connectivity index (χ1v) is 18.5. The van der Waals surface area contributed by atoms with Crippen molar-refractivity contribution in [1.29, 1.82) is 0 Å². The highest BCUT2D eigenvalue weighted by Gasteiger charge is 2.24. The molecule has 1 saturated heterocycles. The number of aryl methyl sites for hydroxylation is 2. The maximum absolute atomic E-state index is 12.9. The van der Waals surface area contributed by atoms with E-state index in [1.807, 2.05) is 85.8 Å². The second-order valence-corrected chi connectivity index (χ2v) is 13.5. The van der Waals surface area contributed by atoms with Crippen LogP contribution in [0.25, 0.3) is 0 Å². The third kappa shape index (κ3) is 9.94. The number of hydrogen-bond donors (Lipinski definition) is 2. The molecule has 276 valence electrons. The normalized spacial score (nSPS) is 15.8. The molecule has 0 aliphatic carbocycles. The van der Waals surface area contributed by atoms with Gasteiger partial charge in [-0.15, -0.1) is 0 Å². The molecule has 0 saturated carbocycles. The number of rotatable bonds is 11. The monoisotopic (exact) mass is 755 g/mol. The lowest BCUT2D eigenvalue weighted by Crippen LogP contribution is -2.46. The number of carbonyl (C=O) groups is 1. The van der Waals surface area contributed by atoms with E-state index in [1.54, 1.807) is 27.4 Å². The molecule has 2 N–H and O–H groups in total. The molecule has 13 heteroatoms. The number of piperazine rings is 1. The smallest absolute Gasteiger partial charge is 0.346 e. The van der Waals surface area contributed by atoms with Gasteiger partial charge in [0.25, 0.3) is 5.91 Å². The maximum atomic E-state index is 12.9. The summed E-state index contributed by atoms with van der Waals surface area (Å²) in [6.07, 6.45) is 0.188. The predicted octanol–water partition coefficient (Wildman–Crippen LogP) is 6.00. The number of aliphatic hydroxyl groups excluding tert-OH is 1. The van der Waals surface area contributed by atoms with Crippen molar-refractivity contribution in [2.75, 3.05) is 49.5 Å². The summed E-state index contributed by atoms with van der Waals surface area (Å²) in [5, 5.41) is 18.3. The van der Waals surface area contributed by atoms with Gasteiger partial charge in [-0.2, -0.15) is 5.10 Å². The van der Waals surface area contributed by atoms with Crippen LogP contribution in [-0.4, -0.2) is 81.5 Å². The van der Waals surface area contributed by atoms with Crippen molar-refractivity contribution in [3.05, 3.63) is 141 Å². The van der Waals surface area contributed by atoms with Crippen LogP contribution in [0.1, 0.15) is 30.3 Å². The van der Waals surface area contributed by atoms with Gasteiger partial charge in [-0.05, 0) is 55.0 Å². The number of aliphatic hydroxyl groups is 1. The maximum Gasteiger partial charge on any atom is 0.346 e. The molecule has 1 amide bonds. The number of halogens is 2. The van der Waals surface area contributed by atoms with E-state index in [0.717, 1.165) is 67.7 Å². The SMILES string of the molecule is CCc1nn(CCCN2CCN(c3cccc(Cl)c3)CC2)c(=O)n1CCOc1ccccc1.O=C1Nc2ccc(Cl)cc2C(c2ccccc2)=NC1O. The van der Waals surface area contributed by atoms with E-state index >= 15 is 0 Å². The first-order chi connectivity index (χ1) is 25.8. The molecule has 0 radical (unpaired) electrons. The highest BCUT2D eigenvalue weighted by molar-refractivity contribution is 6.32. The first-order valence-electron chi connectivity index (χ1n) is 17.8. The van der Waals surface area contributed by atoms with Gasteiger partial charge in [-0.3, -0.25) is 14.3 Å². The Morgan fingerprint density at radius 1 is 0.830 bits per heavy atom. The molecular formula is C40H43Cl2N7O4. The summed E-state index contributed by atoms with van der Waals surface area (Å²) in [7, 11) is 0. The second kappa shape index (κ2) is 18.2. The van der Waals surface area contributed by atoms with E-state index in [-0.39, 0.29) is 5.69 Å². The average Bonchev–Trinajstić information content (AvgIpc) is 3.42. The molecule has 3 heterocycles. The van der Waals surface area contributed by atoms with Gasteiger partial charge in [0.1, 0.15) is 18.2 Å². The second-order valence-electron chi connectivity index (χ2n) is 12.6. The minimum absolute atomic E-state index is 0.0470. The number of anilines is 2. The number of aromatic nitrogens is 3. The van der Waals surface area contributed by atoms with E-state index in [0.29, 0.717) is 41.7 Å². The fourth-order valence-electron chi connectivity index (χ4n) is 6.33. The van der Waals surface area contributed by atoms with Gasteiger partial charge in [-0.1, -0.05) is 84.7 Å². The van der Waals surface area contributed by atoms with Crippen molar-refractivity contribution in [3.8, 4) is 5.75 Å². The van der Waals surface area contributed by atoms with Gasteiger partial charge in [-0.25, -0.2) is 14.5 Å². The zero-order valence-corrected chi connectivity index (χ0v) is 31.1. The zero-order valence-electron chi connectivity index (χ0n) is 29.6. The Morgan fingerprint density at radius 2 is 1.55 bits per heavy atom. The van der Waals surface area contributed by atoms with Gasteiger partial charge in [0, 0.05) is 72.5 Å². The first kappa shape index (κ1) is 37.8. The Balaban J connectivity index is 0.000000204. The summed E-state index contributed by atoms with van der Waals surface area (Å²) in [5.74, 6) is 1.07. The van der Waals surface area contributed by atoms with Crippen LogP contribution in [0.5, 0.6) is 5.75 Å². The summed E-state index contributed by atoms with van der Waals surface area (Å²) >= 11 is 12.2. The highest BCUT2D eigenvalue weighted by Crippen LogP contribution is 2.27. The molecule has 1 atom stereocenters. The van der Waals surface area contributed by atoms with Crippen LogP contribution >= 0.6 is 23.2 Å². The van der Waals surface area contributed by atoms with Crippen molar-refractivity contribution >= 4 is 46.2 Å². The van der Waals surface area contributed by atoms with Crippen molar-refractivity contribution in [3.63, 3.8) is 0 Å². The standard InChI is InChI=1S/C25H32ClN5O2.C15H11ClN2O2/c1-2-24-27-31(25(32)30(24)18-19-33-23-10-4-3-5-11-23)13-7-12-28-14-16-29(17-15-28)22-9-6-8-21(26)20-22;16-10-6-7-12-11(8-10)13(9-4-2-1-3-5-9)18-15(20)14(19)17-12/h3-6,8-11,20H,2,7,12-19H2,1H3;1-8,15,20H,(H,17,19). The molecule has 1 fully saturated rings. The molecular weight excluding hydrogens is 713 g/mol. The number of nitrogens with one attached hydrogen (secondary N) is 1. The summed E-state index contributed by atoms with van der Waals surface area (Å²) in [6, 6.07) is 32.2. The largest absolute Gasteiger partial charge is 0.492 e. The van der Waals surface area contributed by atoms with Crippen LogP contribution in [0, 0.1) is 0 Å². The molecule has 0 bridgehead atoms. The number of fused-ring (bicyclic) bond motifs is 1. The minimum Gasteiger partial charge on any atom is -0.492 e. The molecule has 2 aliphatic heterocycles. The Morgan fingerprint density at radius 3 is 2.26 bits per heavy atom. The van der Waals surface area contributed by atoms with Crippen LogP contribution in [0.4, 0.5) is 11.4 Å². The summed E-state index contributed by atoms with van der Waals surface area (Å²) in [6.45, 7) is 8.54. The third-order valence-corrected chi connectivity index (χ3v) is 9.53. The number of para-hydroxylation sites is 1. The summed E-state index contributed by atoms with van der Waals surface area (Å²) in [5.41, 5.74) is 3.75. The van der Waals surface area contributed by atoms with E-state index in [9.17, 15) is 14.7 Å². The van der Waals surface area contributed by atoms with Crippen molar-refractivity contribution in [2.24, 2.45) is 4.99 Å². The summed E-state index contributed by atoms with van der Waals surface area (Å²) < 4.78 is 9.12. The van der Waals surface area contributed by atoms with Crippen LogP contribution in [0.2, 0.25) is 10.0 Å². The molecule has 1 aromatic heterocycles. The number of nitrogens with zero attached hydrogens (tertiary/aromatic N) is 6. The van der Waals surface area contributed by atoms with E-state index in [2.05, 4.69) is 31.3 Å². The van der Waals surface area contributed by atoms with E-state index in [1.165, 1.54) is 5.69 Å². The molecule has 5 aromatic rings. The molecule has 1 unspecified atom stereocenters. The molecule has 4 aromatic carbocycles.